The molecule has 0 aliphatic rings. The number of rotatable bonds is 5. The molecule has 0 aliphatic heterocycles. The van der Waals surface area contributed by atoms with E-state index < -0.39 is 6.03 Å². The highest BCUT2D eigenvalue weighted by Gasteiger charge is 2.08. The van der Waals surface area contributed by atoms with Crippen LogP contribution in [0.15, 0.2) is 12.3 Å². The van der Waals surface area contributed by atoms with Crippen molar-refractivity contribution in [3.05, 3.63) is 22.8 Å². The number of hydrogen-bond acceptors (Lipinski definition) is 4. The lowest BCUT2D eigenvalue weighted by Gasteiger charge is -2.07. The number of aromatic nitrogens is 1. The van der Waals surface area contributed by atoms with Gasteiger partial charge in [-0.05, 0) is 6.07 Å². The SMILES string of the molecule is CNc1ncc(C(=O)NCCNC(N)=O)cc1Cl. The van der Waals surface area contributed by atoms with Gasteiger partial charge >= 0.3 is 6.03 Å². The lowest BCUT2D eigenvalue weighted by Crippen LogP contribution is -2.37. The van der Waals surface area contributed by atoms with Crippen LogP contribution in [0.3, 0.4) is 0 Å². The maximum atomic E-state index is 11.7. The average Bonchev–Trinajstić information content (AvgIpc) is 2.34. The van der Waals surface area contributed by atoms with Gasteiger partial charge in [0.2, 0.25) is 0 Å². The summed E-state index contributed by atoms with van der Waals surface area (Å²) in [6, 6.07) is 0.879. The van der Waals surface area contributed by atoms with Crippen LogP contribution < -0.4 is 21.7 Å². The summed E-state index contributed by atoms with van der Waals surface area (Å²) in [5.41, 5.74) is 5.22. The predicted molar refractivity (Wildman–Crippen MR) is 68.7 cm³/mol. The van der Waals surface area contributed by atoms with E-state index >= 15 is 0 Å². The fourth-order valence-corrected chi connectivity index (χ4v) is 1.47. The lowest BCUT2D eigenvalue weighted by molar-refractivity contribution is 0.0953. The van der Waals surface area contributed by atoms with Crippen molar-refractivity contribution in [2.24, 2.45) is 5.73 Å². The second kappa shape index (κ2) is 6.65. The highest BCUT2D eigenvalue weighted by atomic mass is 35.5. The molecule has 0 unspecified atom stereocenters. The molecule has 0 aliphatic carbocycles. The third-order valence-electron chi connectivity index (χ3n) is 2.05. The fourth-order valence-electron chi connectivity index (χ4n) is 1.21. The molecule has 0 saturated carbocycles. The van der Waals surface area contributed by atoms with E-state index in [2.05, 4.69) is 20.9 Å². The molecule has 98 valence electrons. The highest BCUT2D eigenvalue weighted by molar-refractivity contribution is 6.33. The van der Waals surface area contributed by atoms with Gasteiger partial charge in [-0.15, -0.1) is 0 Å². The van der Waals surface area contributed by atoms with Crippen molar-refractivity contribution in [3.63, 3.8) is 0 Å². The monoisotopic (exact) mass is 271 g/mol. The number of hydrogen-bond donors (Lipinski definition) is 4. The third-order valence-corrected chi connectivity index (χ3v) is 2.34. The normalized spacial score (nSPS) is 9.67. The zero-order valence-corrected chi connectivity index (χ0v) is 10.5. The van der Waals surface area contributed by atoms with Gasteiger partial charge in [-0.1, -0.05) is 11.6 Å². The maximum Gasteiger partial charge on any atom is 0.312 e. The predicted octanol–water partition coefficient (Wildman–Crippen LogP) is 0.175. The van der Waals surface area contributed by atoms with Crippen molar-refractivity contribution < 1.29 is 9.59 Å². The molecule has 18 heavy (non-hydrogen) atoms. The number of primary amides is 1. The number of nitrogens with two attached hydrogens (primary N) is 1. The Hall–Kier alpha value is -2.02. The quantitative estimate of drug-likeness (QED) is 0.573. The first-order chi connectivity index (χ1) is 8.54. The summed E-state index contributed by atoms with van der Waals surface area (Å²) in [6.45, 7) is 0.532. The van der Waals surface area contributed by atoms with Crippen LogP contribution in [0.2, 0.25) is 5.02 Å². The first kappa shape index (κ1) is 14.0. The number of carbonyl (C=O) groups is 2. The van der Waals surface area contributed by atoms with Crippen LogP contribution in [0.4, 0.5) is 10.6 Å². The van der Waals surface area contributed by atoms with Crippen molar-refractivity contribution >= 4 is 29.4 Å². The first-order valence-corrected chi connectivity index (χ1v) is 5.57. The molecular weight excluding hydrogens is 258 g/mol. The Bertz CT molecular complexity index is 452. The highest BCUT2D eigenvalue weighted by Crippen LogP contribution is 2.19. The Kier molecular flexibility index (Phi) is 5.19. The van der Waals surface area contributed by atoms with Gasteiger partial charge in [-0.3, -0.25) is 4.79 Å². The average molecular weight is 272 g/mol. The molecule has 3 amide bonds. The summed E-state index contributed by atoms with van der Waals surface area (Å²) < 4.78 is 0. The Morgan fingerprint density at radius 1 is 1.39 bits per heavy atom. The topological polar surface area (TPSA) is 109 Å². The minimum atomic E-state index is -0.632. The summed E-state index contributed by atoms with van der Waals surface area (Å²) in [6.07, 6.45) is 1.41. The summed E-state index contributed by atoms with van der Waals surface area (Å²) in [7, 11) is 1.68. The Morgan fingerprint density at radius 3 is 2.61 bits per heavy atom. The van der Waals surface area contributed by atoms with E-state index in [1.165, 1.54) is 12.3 Å². The van der Waals surface area contributed by atoms with Gasteiger partial charge in [0.25, 0.3) is 5.91 Å². The van der Waals surface area contributed by atoms with Crippen LogP contribution in [0, 0.1) is 0 Å². The Balaban J connectivity index is 2.51. The molecule has 0 radical (unpaired) electrons. The maximum absolute atomic E-state index is 11.7. The van der Waals surface area contributed by atoms with E-state index in [0.29, 0.717) is 16.4 Å². The molecule has 1 rings (SSSR count). The molecule has 7 nitrogen and oxygen atoms in total. The van der Waals surface area contributed by atoms with Gasteiger partial charge in [-0.2, -0.15) is 0 Å². The van der Waals surface area contributed by atoms with Gasteiger partial charge in [0.1, 0.15) is 5.82 Å². The van der Waals surface area contributed by atoms with Crippen LogP contribution in [0.25, 0.3) is 0 Å². The molecular formula is C10H14ClN5O2. The summed E-state index contributed by atoms with van der Waals surface area (Å²) >= 11 is 5.90. The van der Waals surface area contributed by atoms with Crippen molar-refractivity contribution in [2.45, 2.75) is 0 Å². The first-order valence-electron chi connectivity index (χ1n) is 5.19. The van der Waals surface area contributed by atoms with E-state index in [9.17, 15) is 9.59 Å². The van der Waals surface area contributed by atoms with Crippen molar-refractivity contribution in [2.75, 3.05) is 25.5 Å². The number of anilines is 1. The van der Waals surface area contributed by atoms with E-state index in [0.717, 1.165) is 0 Å². The lowest BCUT2D eigenvalue weighted by atomic mass is 10.2. The zero-order chi connectivity index (χ0) is 13.5. The number of urea groups is 1. The van der Waals surface area contributed by atoms with Crippen molar-refractivity contribution in [3.8, 4) is 0 Å². The summed E-state index contributed by atoms with van der Waals surface area (Å²) in [5.74, 6) is 0.182. The number of pyridine rings is 1. The molecule has 1 aromatic heterocycles. The smallest absolute Gasteiger partial charge is 0.312 e. The number of halogens is 1. The number of nitrogens with zero attached hydrogens (tertiary/aromatic N) is 1. The molecule has 0 spiro atoms. The molecule has 0 bridgehead atoms. The molecule has 1 aromatic rings. The van der Waals surface area contributed by atoms with Gasteiger partial charge in [0.05, 0.1) is 10.6 Å². The molecule has 0 atom stereocenters. The third kappa shape index (κ3) is 4.10. The van der Waals surface area contributed by atoms with E-state index in [-0.39, 0.29) is 19.0 Å². The number of carbonyl (C=O) groups excluding carboxylic acids is 2. The van der Waals surface area contributed by atoms with Crippen LogP contribution >= 0.6 is 11.6 Å². The standard InChI is InChI=1S/C10H14ClN5O2/c1-13-8-7(11)4-6(5-16-8)9(17)14-2-3-15-10(12)18/h4-5H,2-3H2,1H3,(H,13,16)(H,14,17)(H3,12,15,18). The molecule has 0 fully saturated rings. The zero-order valence-electron chi connectivity index (χ0n) is 9.79. The summed E-state index contributed by atoms with van der Waals surface area (Å²) in [4.78, 5) is 26.0. The van der Waals surface area contributed by atoms with E-state index in [4.69, 9.17) is 17.3 Å². The van der Waals surface area contributed by atoms with Crippen LogP contribution in [-0.4, -0.2) is 37.1 Å². The number of amides is 3. The Labute approximate surface area is 109 Å². The van der Waals surface area contributed by atoms with Gasteiger partial charge < -0.3 is 21.7 Å². The summed E-state index contributed by atoms with van der Waals surface area (Å²) in [5, 5.41) is 8.10. The molecule has 8 heteroatoms. The second-order valence-electron chi connectivity index (χ2n) is 3.35. The van der Waals surface area contributed by atoms with Crippen molar-refractivity contribution in [1.82, 2.24) is 15.6 Å². The van der Waals surface area contributed by atoms with E-state index in [1.54, 1.807) is 7.05 Å². The molecule has 0 aromatic carbocycles. The molecule has 1 heterocycles. The van der Waals surface area contributed by atoms with Gasteiger partial charge in [0, 0.05) is 26.3 Å². The Morgan fingerprint density at radius 2 is 2.06 bits per heavy atom. The number of nitrogens with one attached hydrogen (secondary N) is 3. The molecule has 0 saturated heterocycles. The van der Waals surface area contributed by atoms with Gasteiger partial charge in [-0.25, -0.2) is 9.78 Å². The van der Waals surface area contributed by atoms with Crippen LogP contribution in [-0.2, 0) is 0 Å². The van der Waals surface area contributed by atoms with Crippen molar-refractivity contribution in [1.29, 1.82) is 0 Å². The minimum absolute atomic E-state index is 0.261. The second-order valence-corrected chi connectivity index (χ2v) is 3.76. The fraction of sp³-hybridized carbons (Fsp3) is 0.300. The van der Waals surface area contributed by atoms with E-state index in [1.807, 2.05) is 0 Å². The largest absolute Gasteiger partial charge is 0.372 e. The van der Waals surface area contributed by atoms with Crippen LogP contribution in [0.1, 0.15) is 10.4 Å². The van der Waals surface area contributed by atoms with Crippen LogP contribution in [0.5, 0.6) is 0 Å². The molecule has 5 N–H and O–H groups in total. The minimum Gasteiger partial charge on any atom is -0.372 e. The van der Waals surface area contributed by atoms with Gasteiger partial charge in [0.15, 0.2) is 0 Å².